The van der Waals surface area contributed by atoms with E-state index in [0.717, 1.165) is 36.0 Å². The van der Waals surface area contributed by atoms with Crippen LogP contribution in [0, 0.1) is 5.92 Å². The Bertz CT molecular complexity index is 1110. The predicted octanol–water partition coefficient (Wildman–Crippen LogP) is 2.57. The molecule has 1 aliphatic rings. The van der Waals surface area contributed by atoms with Gasteiger partial charge in [-0.3, -0.25) is 9.59 Å². The standard InChI is InChI=1S/C24H28ClN5O2/c1-15(23(31)28-13-18-9-19-20(25)14-30(2)22(19)27-12-18)29-24(32)21-10-17(11-26-21)8-16-6-4-3-5-7-16/h3-7,9,12,14-15,17,21,26H,8,10-11,13H2,1-2H3,(H,28,31)(H,29,32)/t15-,17-,21+/m0/s1. The van der Waals surface area contributed by atoms with Crippen molar-refractivity contribution in [2.24, 2.45) is 13.0 Å². The first-order chi connectivity index (χ1) is 15.4. The molecule has 2 amide bonds. The van der Waals surface area contributed by atoms with E-state index in [1.54, 1.807) is 19.3 Å². The fourth-order valence-corrected chi connectivity index (χ4v) is 4.47. The maximum atomic E-state index is 12.6. The number of hydrogen-bond acceptors (Lipinski definition) is 4. The quantitative estimate of drug-likeness (QED) is 0.513. The molecule has 0 unspecified atom stereocenters. The second-order valence-corrected chi connectivity index (χ2v) is 8.91. The fraction of sp³-hybridized carbons (Fsp3) is 0.375. The van der Waals surface area contributed by atoms with Crippen LogP contribution in [0.2, 0.25) is 5.02 Å². The Morgan fingerprint density at radius 1 is 1.28 bits per heavy atom. The van der Waals surface area contributed by atoms with Crippen LogP contribution >= 0.6 is 11.6 Å². The molecule has 32 heavy (non-hydrogen) atoms. The van der Waals surface area contributed by atoms with Gasteiger partial charge in [0.05, 0.1) is 11.1 Å². The van der Waals surface area contributed by atoms with E-state index in [4.69, 9.17) is 11.6 Å². The largest absolute Gasteiger partial charge is 0.350 e. The van der Waals surface area contributed by atoms with Gasteiger partial charge in [0.1, 0.15) is 11.7 Å². The Balaban J connectivity index is 1.25. The van der Waals surface area contributed by atoms with Crippen LogP contribution in [0.5, 0.6) is 0 Å². The van der Waals surface area contributed by atoms with Crippen molar-refractivity contribution in [1.29, 1.82) is 0 Å². The number of amides is 2. The van der Waals surface area contributed by atoms with Gasteiger partial charge < -0.3 is 20.5 Å². The third-order valence-electron chi connectivity index (χ3n) is 5.95. The normalized spacial score (nSPS) is 19.1. The van der Waals surface area contributed by atoms with Gasteiger partial charge in [-0.1, -0.05) is 41.9 Å². The van der Waals surface area contributed by atoms with Gasteiger partial charge in [-0.05, 0) is 49.4 Å². The van der Waals surface area contributed by atoms with Crippen molar-refractivity contribution in [3.63, 3.8) is 0 Å². The molecule has 0 radical (unpaired) electrons. The van der Waals surface area contributed by atoms with Crippen LogP contribution < -0.4 is 16.0 Å². The van der Waals surface area contributed by atoms with Crippen molar-refractivity contribution >= 4 is 34.4 Å². The number of pyridine rings is 1. The molecule has 168 valence electrons. The second-order valence-electron chi connectivity index (χ2n) is 8.50. The van der Waals surface area contributed by atoms with Crippen molar-refractivity contribution in [3.8, 4) is 0 Å². The number of nitrogens with zero attached hydrogens (tertiary/aromatic N) is 2. The average molecular weight is 454 g/mol. The minimum absolute atomic E-state index is 0.137. The van der Waals surface area contributed by atoms with E-state index < -0.39 is 6.04 Å². The van der Waals surface area contributed by atoms with Gasteiger partial charge in [0, 0.05) is 31.4 Å². The molecule has 4 rings (SSSR count). The van der Waals surface area contributed by atoms with Crippen molar-refractivity contribution in [3.05, 3.63) is 64.9 Å². The second kappa shape index (κ2) is 9.71. The van der Waals surface area contributed by atoms with Crippen molar-refractivity contribution in [1.82, 2.24) is 25.5 Å². The number of carbonyl (C=O) groups is 2. The number of hydrogen-bond donors (Lipinski definition) is 3. The molecule has 2 aromatic heterocycles. The Kier molecular flexibility index (Phi) is 6.77. The minimum atomic E-state index is -0.630. The molecule has 0 spiro atoms. The van der Waals surface area contributed by atoms with Crippen LogP contribution in [-0.4, -0.2) is 40.0 Å². The van der Waals surface area contributed by atoms with Gasteiger partial charge in [-0.2, -0.15) is 0 Å². The molecular formula is C24H28ClN5O2. The number of aryl methyl sites for hydroxylation is 1. The van der Waals surface area contributed by atoms with Crippen LogP contribution in [0.15, 0.2) is 48.8 Å². The van der Waals surface area contributed by atoms with Crippen LogP contribution in [0.3, 0.4) is 0 Å². The Morgan fingerprint density at radius 3 is 2.84 bits per heavy atom. The molecule has 7 nitrogen and oxygen atoms in total. The lowest BCUT2D eigenvalue weighted by Crippen LogP contribution is -2.49. The molecule has 1 aliphatic heterocycles. The highest BCUT2D eigenvalue weighted by molar-refractivity contribution is 6.35. The van der Waals surface area contributed by atoms with E-state index in [9.17, 15) is 9.59 Å². The first-order valence-electron chi connectivity index (χ1n) is 10.9. The van der Waals surface area contributed by atoms with Crippen molar-refractivity contribution in [2.75, 3.05) is 6.54 Å². The summed E-state index contributed by atoms with van der Waals surface area (Å²) in [5, 5.41) is 10.5. The zero-order chi connectivity index (χ0) is 22.7. The Labute approximate surface area is 192 Å². The average Bonchev–Trinajstić information content (AvgIpc) is 3.37. The van der Waals surface area contributed by atoms with Crippen molar-refractivity contribution < 1.29 is 9.59 Å². The van der Waals surface area contributed by atoms with Gasteiger partial charge in [0.2, 0.25) is 11.8 Å². The summed E-state index contributed by atoms with van der Waals surface area (Å²) in [5.41, 5.74) is 2.91. The highest BCUT2D eigenvalue weighted by atomic mass is 35.5. The molecule has 3 aromatic rings. The molecule has 3 N–H and O–H groups in total. The van der Waals surface area contributed by atoms with E-state index in [2.05, 4.69) is 33.1 Å². The predicted molar refractivity (Wildman–Crippen MR) is 125 cm³/mol. The lowest BCUT2D eigenvalue weighted by Gasteiger charge is -2.17. The molecular weight excluding hydrogens is 426 g/mol. The third-order valence-corrected chi connectivity index (χ3v) is 6.25. The first kappa shape index (κ1) is 22.3. The van der Waals surface area contributed by atoms with Gasteiger partial charge in [0.15, 0.2) is 0 Å². The zero-order valence-electron chi connectivity index (χ0n) is 18.3. The molecule has 0 bridgehead atoms. The summed E-state index contributed by atoms with van der Waals surface area (Å²) in [4.78, 5) is 29.6. The number of nitrogens with one attached hydrogen (secondary N) is 3. The maximum absolute atomic E-state index is 12.6. The van der Waals surface area contributed by atoms with E-state index in [0.29, 0.717) is 17.5 Å². The van der Waals surface area contributed by atoms with Crippen LogP contribution in [0.4, 0.5) is 0 Å². The van der Waals surface area contributed by atoms with Gasteiger partial charge in [-0.25, -0.2) is 4.98 Å². The molecule has 8 heteroatoms. The summed E-state index contributed by atoms with van der Waals surface area (Å²) in [5.74, 6) is 0.0308. The summed E-state index contributed by atoms with van der Waals surface area (Å²) < 4.78 is 1.86. The minimum Gasteiger partial charge on any atom is -0.350 e. The smallest absolute Gasteiger partial charge is 0.242 e. The Hall–Kier alpha value is -2.90. The number of fused-ring (bicyclic) bond motifs is 1. The number of aromatic nitrogens is 2. The highest BCUT2D eigenvalue weighted by Crippen LogP contribution is 2.24. The topological polar surface area (TPSA) is 88.1 Å². The molecule has 1 saturated heterocycles. The molecule has 0 saturated carbocycles. The summed E-state index contributed by atoms with van der Waals surface area (Å²) in [7, 11) is 1.89. The van der Waals surface area contributed by atoms with Crippen LogP contribution in [-0.2, 0) is 29.6 Å². The molecule has 3 atom stereocenters. The van der Waals surface area contributed by atoms with E-state index in [-0.39, 0.29) is 17.9 Å². The summed E-state index contributed by atoms with van der Waals surface area (Å²) in [6, 6.07) is 11.3. The monoisotopic (exact) mass is 453 g/mol. The maximum Gasteiger partial charge on any atom is 0.242 e. The van der Waals surface area contributed by atoms with Crippen LogP contribution in [0.25, 0.3) is 11.0 Å². The fourth-order valence-electron chi connectivity index (χ4n) is 4.19. The van der Waals surface area contributed by atoms with Gasteiger partial charge >= 0.3 is 0 Å². The highest BCUT2D eigenvalue weighted by Gasteiger charge is 2.30. The third kappa shape index (κ3) is 5.11. The molecule has 0 aliphatic carbocycles. The molecule has 3 heterocycles. The van der Waals surface area contributed by atoms with Crippen LogP contribution in [0.1, 0.15) is 24.5 Å². The molecule has 1 fully saturated rings. The first-order valence-corrected chi connectivity index (χ1v) is 11.2. The Morgan fingerprint density at radius 2 is 2.06 bits per heavy atom. The van der Waals surface area contributed by atoms with Gasteiger partial charge in [-0.15, -0.1) is 0 Å². The number of rotatable bonds is 7. The SMILES string of the molecule is C[C@H](NC(=O)[C@H]1C[C@H](Cc2ccccc2)CN1)C(=O)NCc1cnc2c(c1)c(Cl)cn2C. The van der Waals surface area contributed by atoms with E-state index >= 15 is 0 Å². The summed E-state index contributed by atoms with van der Waals surface area (Å²) in [6.45, 7) is 2.80. The number of carbonyl (C=O) groups excluding carboxylic acids is 2. The summed E-state index contributed by atoms with van der Waals surface area (Å²) >= 11 is 6.24. The summed E-state index contributed by atoms with van der Waals surface area (Å²) in [6.07, 6.45) is 5.23. The zero-order valence-corrected chi connectivity index (χ0v) is 19.0. The number of halogens is 1. The van der Waals surface area contributed by atoms with Gasteiger partial charge in [0.25, 0.3) is 0 Å². The van der Waals surface area contributed by atoms with Crippen molar-refractivity contribution in [2.45, 2.75) is 38.4 Å². The van der Waals surface area contributed by atoms with E-state index in [1.165, 1.54) is 5.56 Å². The molecule has 1 aromatic carbocycles. The number of benzene rings is 1. The van der Waals surface area contributed by atoms with E-state index in [1.807, 2.05) is 35.9 Å². The lowest BCUT2D eigenvalue weighted by atomic mass is 9.96. The lowest BCUT2D eigenvalue weighted by molar-refractivity contribution is -0.129.